The van der Waals surface area contributed by atoms with Crippen molar-refractivity contribution >= 4 is 27.4 Å². The van der Waals surface area contributed by atoms with Crippen molar-refractivity contribution in [1.29, 1.82) is 0 Å². The molecule has 4 heteroatoms. The molecule has 0 radical (unpaired) electrons. The van der Waals surface area contributed by atoms with Crippen molar-refractivity contribution in [3.05, 3.63) is 28.1 Å². The Bertz CT molecular complexity index is 569. The van der Waals surface area contributed by atoms with Crippen molar-refractivity contribution in [3.63, 3.8) is 0 Å². The lowest BCUT2D eigenvalue weighted by molar-refractivity contribution is 0.0701. The maximum atomic E-state index is 11.0. The lowest BCUT2D eigenvalue weighted by atomic mass is 10.1. The van der Waals surface area contributed by atoms with Crippen LogP contribution in [0.4, 0.5) is 0 Å². The Morgan fingerprint density at radius 1 is 1.44 bits per heavy atom. The number of hydrogen-bond acceptors (Lipinski definition) is 3. The number of hydrogen-bond donors (Lipinski definition) is 2. The molecule has 2 rings (SSSR count). The van der Waals surface area contributed by atoms with E-state index in [1.165, 1.54) is 11.3 Å². The molecule has 1 aromatic heterocycles. The first kappa shape index (κ1) is 11.0. The predicted molar refractivity (Wildman–Crippen MR) is 64.6 cm³/mol. The second-order valence-corrected chi connectivity index (χ2v) is 4.71. The van der Waals surface area contributed by atoms with Crippen LogP contribution in [0.3, 0.4) is 0 Å². The van der Waals surface area contributed by atoms with Gasteiger partial charge in [0.1, 0.15) is 10.6 Å². The molecule has 0 saturated heterocycles. The average molecular weight is 236 g/mol. The molecule has 0 fully saturated rings. The van der Waals surface area contributed by atoms with E-state index in [1.807, 2.05) is 19.1 Å². The minimum Gasteiger partial charge on any atom is -0.507 e. The monoisotopic (exact) mass is 236 g/mol. The van der Waals surface area contributed by atoms with Crippen molar-refractivity contribution in [2.24, 2.45) is 0 Å². The van der Waals surface area contributed by atoms with E-state index in [-0.39, 0.29) is 5.75 Å². The normalized spacial score (nSPS) is 10.9. The number of aryl methyl sites for hydroxylation is 2. The van der Waals surface area contributed by atoms with Gasteiger partial charge < -0.3 is 10.2 Å². The van der Waals surface area contributed by atoms with Crippen LogP contribution in [0.15, 0.2) is 12.1 Å². The molecule has 0 unspecified atom stereocenters. The fourth-order valence-electron chi connectivity index (χ4n) is 1.85. The highest BCUT2D eigenvalue weighted by atomic mass is 32.1. The fraction of sp³-hybridized carbons (Fsp3) is 0.250. The van der Waals surface area contributed by atoms with Gasteiger partial charge in [-0.1, -0.05) is 13.0 Å². The number of fused-ring (bicyclic) bond motifs is 1. The van der Waals surface area contributed by atoms with Crippen LogP contribution in [0.2, 0.25) is 0 Å². The number of phenols is 1. The van der Waals surface area contributed by atoms with E-state index < -0.39 is 5.97 Å². The Kier molecular flexibility index (Phi) is 2.59. The van der Waals surface area contributed by atoms with Gasteiger partial charge in [0.25, 0.3) is 0 Å². The lowest BCUT2D eigenvalue weighted by Gasteiger charge is -2.03. The molecule has 2 N–H and O–H groups in total. The van der Waals surface area contributed by atoms with Gasteiger partial charge >= 0.3 is 5.97 Å². The Morgan fingerprint density at radius 2 is 2.12 bits per heavy atom. The minimum atomic E-state index is -0.934. The average Bonchev–Trinajstić information content (AvgIpc) is 2.57. The van der Waals surface area contributed by atoms with Gasteiger partial charge in [0.15, 0.2) is 0 Å². The maximum Gasteiger partial charge on any atom is 0.346 e. The Labute approximate surface area is 97.0 Å². The van der Waals surface area contributed by atoms with E-state index in [0.717, 1.165) is 16.7 Å². The number of thiophene rings is 1. The summed E-state index contributed by atoms with van der Waals surface area (Å²) in [6.45, 7) is 3.70. The van der Waals surface area contributed by atoms with Gasteiger partial charge in [-0.05, 0) is 30.5 Å². The van der Waals surface area contributed by atoms with Gasteiger partial charge in [0.05, 0.1) is 0 Å². The van der Waals surface area contributed by atoms with E-state index in [1.54, 1.807) is 6.92 Å². The van der Waals surface area contributed by atoms with Crippen LogP contribution < -0.4 is 0 Å². The molecule has 3 nitrogen and oxygen atoms in total. The molecule has 0 atom stereocenters. The van der Waals surface area contributed by atoms with Crippen molar-refractivity contribution in [1.82, 2.24) is 0 Å². The van der Waals surface area contributed by atoms with E-state index in [2.05, 4.69) is 0 Å². The number of benzene rings is 1. The number of aromatic hydroxyl groups is 1. The van der Waals surface area contributed by atoms with Crippen LogP contribution in [0, 0.1) is 6.92 Å². The lowest BCUT2D eigenvalue weighted by Crippen LogP contribution is -1.93. The summed E-state index contributed by atoms with van der Waals surface area (Å²) in [6, 6.07) is 3.72. The molecule has 84 valence electrons. The summed E-state index contributed by atoms with van der Waals surface area (Å²) < 4.78 is 0.824. The number of carbonyl (C=O) groups is 1. The zero-order chi connectivity index (χ0) is 11.9. The summed E-state index contributed by atoms with van der Waals surface area (Å²) >= 11 is 1.21. The molecule has 1 aromatic carbocycles. The molecule has 0 aliphatic rings. The molecule has 1 heterocycles. The van der Waals surface area contributed by atoms with Crippen LogP contribution >= 0.6 is 11.3 Å². The number of carboxylic acids is 1. The number of phenolic OH excluding ortho intramolecular Hbond substituents is 1. The highest BCUT2D eigenvalue weighted by molar-refractivity contribution is 7.21. The molecule has 2 aromatic rings. The summed E-state index contributed by atoms with van der Waals surface area (Å²) in [5, 5.41) is 19.7. The van der Waals surface area contributed by atoms with Crippen LogP contribution in [0.25, 0.3) is 10.1 Å². The second kappa shape index (κ2) is 3.79. The van der Waals surface area contributed by atoms with Crippen LogP contribution in [-0.4, -0.2) is 16.2 Å². The van der Waals surface area contributed by atoms with Gasteiger partial charge in [0, 0.05) is 10.1 Å². The van der Waals surface area contributed by atoms with Gasteiger partial charge in [-0.15, -0.1) is 11.3 Å². The molecule has 0 aliphatic heterocycles. The Balaban J connectivity index is 2.83. The maximum absolute atomic E-state index is 11.0. The molecule has 0 spiro atoms. The van der Waals surface area contributed by atoms with Crippen LogP contribution in [0.1, 0.15) is 27.7 Å². The number of aromatic carboxylic acids is 1. The Morgan fingerprint density at radius 3 is 2.69 bits per heavy atom. The Hall–Kier alpha value is -1.55. The quantitative estimate of drug-likeness (QED) is 0.842. The van der Waals surface area contributed by atoms with Crippen molar-refractivity contribution in [3.8, 4) is 5.75 Å². The minimum absolute atomic E-state index is 0.223. The van der Waals surface area contributed by atoms with E-state index in [9.17, 15) is 9.90 Å². The van der Waals surface area contributed by atoms with Crippen molar-refractivity contribution < 1.29 is 15.0 Å². The van der Waals surface area contributed by atoms with Crippen LogP contribution in [0.5, 0.6) is 5.75 Å². The summed E-state index contributed by atoms with van der Waals surface area (Å²) in [6.07, 6.45) is 0.736. The molecule has 0 amide bonds. The SMILES string of the molecule is CCc1ccc2sc(C(=O)O)c(C)c2c1O. The summed E-state index contributed by atoms with van der Waals surface area (Å²) in [5.74, 6) is -0.711. The van der Waals surface area contributed by atoms with Crippen LogP contribution in [-0.2, 0) is 6.42 Å². The summed E-state index contributed by atoms with van der Waals surface area (Å²) in [4.78, 5) is 11.3. The largest absolute Gasteiger partial charge is 0.507 e. The highest BCUT2D eigenvalue weighted by Gasteiger charge is 2.17. The zero-order valence-corrected chi connectivity index (χ0v) is 9.89. The topological polar surface area (TPSA) is 57.5 Å². The third-order valence-electron chi connectivity index (χ3n) is 2.73. The molecular formula is C12H12O3S. The molecule has 0 saturated carbocycles. The molecule has 16 heavy (non-hydrogen) atoms. The first-order chi connectivity index (χ1) is 7.56. The summed E-state index contributed by atoms with van der Waals surface area (Å²) in [5.41, 5.74) is 1.51. The van der Waals surface area contributed by atoms with Gasteiger partial charge in [-0.25, -0.2) is 4.79 Å². The van der Waals surface area contributed by atoms with Crippen molar-refractivity contribution in [2.45, 2.75) is 20.3 Å². The zero-order valence-electron chi connectivity index (χ0n) is 9.07. The summed E-state index contributed by atoms with van der Waals surface area (Å²) in [7, 11) is 0. The molecular weight excluding hydrogens is 224 g/mol. The number of carboxylic acid groups (broad SMARTS) is 1. The third-order valence-corrected chi connectivity index (χ3v) is 3.97. The third kappa shape index (κ3) is 1.46. The van der Waals surface area contributed by atoms with E-state index >= 15 is 0 Å². The van der Waals surface area contributed by atoms with Gasteiger partial charge in [-0.3, -0.25) is 0 Å². The van der Waals surface area contributed by atoms with E-state index in [4.69, 9.17) is 5.11 Å². The molecule has 0 aliphatic carbocycles. The number of rotatable bonds is 2. The smallest absolute Gasteiger partial charge is 0.346 e. The standard InChI is InChI=1S/C12H12O3S/c1-3-7-4-5-8-9(10(7)13)6(2)11(16-8)12(14)15/h4-5,13H,3H2,1-2H3,(H,14,15). The first-order valence-electron chi connectivity index (χ1n) is 5.03. The van der Waals surface area contributed by atoms with E-state index in [0.29, 0.717) is 15.8 Å². The van der Waals surface area contributed by atoms with Gasteiger partial charge in [0.2, 0.25) is 0 Å². The molecule has 0 bridgehead atoms. The first-order valence-corrected chi connectivity index (χ1v) is 5.85. The van der Waals surface area contributed by atoms with Crippen molar-refractivity contribution in [2.75, 3.05) is 0 Å². The highest BCUT2D eigenvalue weighted by Crippen LogP contribution is 2.38. The predicted octanol–water partition coefficient (Wildman–Crippen LogP) is 3.18. The van der Waals surface area contributed by atoms with Gasteiger partial charge in [-0.2, -0.15) is 0 Å². The fourth-order valence-corrected chi connectivity index (χ4v) is 2.90. The second-order valence-electron chi connectivity index (χ2n) is 3.66.